The van der Waals surface area contributed by atoms with E-state index in [1.807, 2.05) is 18.2 Å². The summed E-state index contributed by atoms with van der Waals surface area (Å²) in [5.41, 5.74) is 1.19. The SMILES string of the molecule is O=P(O)(O)SCCNCc1cccc2ccccc12. The summed E-state index contributed by atoms with van der Waals surface area (Å²) in [6, 6.07) is 14.3. The molecule has 0 spiro atoms. The molecule has 102 valence electrons. The minimum absolute atomic E-state index is 0.398. The molecule has 0 aliphatic rings. The summed E-state index contributed by atoms with van der Waals surface area (Å²) in [7, 11) is 0. The maximum atomic E-state index is 10.7. The van der Waals surface area contributed by atoms with Crippen LogP contribution in [0.5, 0.6) is 0 Å². The highest BCUT2D eigenvalue weighted by Gasteiger charge is 2.12. The largest absolute Gasteiger partial charge is 0.384 e. The topological polar surface area (TPSA) is 69.6 Å². The van der Waals surface area contributed by atoms with Crippen LogP contribution in [0.2, 0.25) is 0 Å². The normalized spacial score (nSPS) is 11.9. The third kappa shape index (κ3) is 4.64. The van der Waals surface area contributed by atoms with Gasteiger partial charge < -0.3 is 15.1 Å². The second kappa shape index (κ2) is 6.55. The average molecular weight is 297 g/mol. The van der Waals surface area contributed by atoms with E-state index in [4.69, 9.17) is 9.79 Å². The molecule has 3 N–H and O–H groups in total. The molecule has 0 saturated heterocycles. The second-order valence-corrected chi connectivity index (χ2v) is 7.99. The highest BCUT2D eigenvalue weighted by atomic mass is 32.7. The van der Waals surface area contributed by atoms with Crippen molar-refractivity contribution in [2.45, 2.75) is 6.54 Å². The van der Waals surface area contributed by atoms with Crippen molar-refractivity contribution in [1.29, 1.82) is 0 Å². The molecule has 0 unspecified atom stereocenters. The molecule has 4 nitrogen and oxygen atoms in total. The summed E-state index contributed by atoms with van der Waals surface area (Å²) in [6.45, 7) is -2.67. The van der Waals surface area contributed by atoms with Gasteiger partial charge in [0, 0.05) is 18.8 Å². The molecule has 2 rings (SSSR count). The molecule has 2 aromatic rings. The van der Waals surface area contributed by atoms with Crippen LogP contribution >= 0.6 is 18.2 Å². The number of rotatable bonds is 6. The molecule has 2 aromatic carbocycles. The van der Waals surface area contributed by atoms with E-state index in [1.54, 1.807) is 0 Å². The van der Waals surface area contributed by atoms with E-state index in [0.29, 0.717) is 30.2 Å². The van der Waals surface area contributed by atoms with E-state index >= 15 is 0 Å². The van der Waals surface area contributed by atoms with Gasteiger partial charge >= 0.3 is 6.80 Å². The zero-order chi connectivity index (χ0) is 13.7. The minimum atomic E-state index is -3.94. The van der Waals surface area contributed by atoms with Crippen LogP contribution in [0.4, 0.5) is 0 Å². The summed E-state index contributed by atoms with van der Waals surface area (Å²) in [6.07, 6.45) is 0. The van der Waals surface area contributed by atoms with Crippen LogP contribution in [0.15, 0.2) is 42.5 Å². The van der Waals surface area contributed by atoms with Crippen LogP contribution < -0.4 is 5.32 Å². The molecule has 0 atom stereocenters. The van der Waals surface area contributed by atoms with Crippen LogP contribution in [0.25, 0.3) is 10.8 Å². The Bertz CT molecular complexity index is 594. The standard InChI is InChI=1S/C13H16NO3PS/c15-18(16,17)19-9-8-14-10-12-6-3-5-11-4-1-2-7-13(11)12/h1-7,14H,8-10H2,(H2,15,16,17). The molecule has 0 saturated carbocycles. The lowest BCUT2D eigenvalue weighted by Gasteiger charge is -2.08. The van der Waals surface area contributed by atoms with Gasteiger partial charge in [-0.15, -0.1) is 0 Å². The highest BCUT2D eigenvalue weighted by molar-refractivity contribution is 8.54. The van der Waals surface area contributed by atoms with Crippen LogP contribution in [0, 0.1) is 0 Å². The van der Waals surface area contributed by atoms with E-state index in [9.17, 15) is 4.57 Å². The molecule has 19 heavy (non-hydrogen) atoms. The number of hydrogen-bond donors (Lipinski definition) is 3. The Morgan fingerprint density at radius 3 is 2.63 bits per heavy atom. The first kappa shape index (κ1) is 14.6. The van der Waals surface area contributed by atoms with Crippen molar-refractivity contribution < 1.29 is 14.4 Å². The van der Waals surface area contributed by atoms with E-state index in [2.05, 4.69) is 29.6 Å². The summed E-state index contributed by atoms with van der Waals surface area (Å²) in [5.74, 6) is 0.398. The molecule has 0 aliphatic carbocycles. The smallest absolute Gasteiger partial charge is 0.317 e. The van der Waals surface area contributed by atoms with Gasteiger partial charge in [-0.2, -0.15) is 0 Å². The van der Waals surface area contributed by atoms with Crippen LogP contribution in [0.3, 0.4) is 0 Å². The van der Waals surface area contributed by atoms with Crippen LogP contribution in [-0.4, -0.2) is 22.1 Å². The summed E-state index contributed by atoms with van der Waals surface area (Å²) in [5, 5.41) is 5.61. The molecular weight excluding hydrogens is 281 g/mol. The van der Waals surface area contributed by atoms with Crippen molar-refractivity contribution in [2.75, 3.05) is 12.3 Å². The monoisotopic (exact) mass is 297 g/mol. The molecular formula is C13H16NO3PS. The minimum Gasteiger partial charge on any atom is -0.317 e. The van der Waals surface area contributed by atoms with Crippen molar-refractivity contribution >= 4 is 29.0 Å². The highest BCUT2D eigenvalue weighted by Crippen LogP contribution is 2.49. The van der Waals surface area contributed by atoms with E-state index in [0.717, 1.165) is 0 Å². The fraction of sp³-hybridized carbons (Fsp3) is 0.231. The van der Waals surface area contributed by atoms with Crippen molar-refractivity contribution in [3.8, 4) is 0 Å². The number of nitrogens with one attached hydrogen (secondary N) is 1. The van der Waals surface area contributed by atoms with E-state index < -0.39 is 6.80 Å². The molecule has 6 heteroatoms. The molecule has 0 fully saturated rings. The Labute approximate surface area is 116 Å². The van der Waals surface area contributed by atoms with Crippen molar-refractivity contribution in [3.05, 3.63) is 48.0 Å². The van der Waals surface area contributed by atoms with Crippen molar-refractivity contribution in [1.82, 2.24) is 5.32 Å². The first-order chi connectivity index (χ1) is 9.06. The third-order valence-corrected chi connectivity index (χ3v) is 5.01. The lowest BCUT2D eigenvalue weighted by molar-refractivity contribution is 0.397. The van der Waals surface area contributed by atoms with Gasteiger partial charge in [-0.25, -0.2) is 4.57 Å². The maximum absolute atomic E-state index is 10.7. The summed E-state index contributed by atoms with van der Waals surface area (Å²) >= 11 is 0.677. The molecule has 0 radical (unpaired) electrons. The fourth-order valence-electron chi connectivity index (χ4n) is 1.91. The predicted molar refractivity (Wildman–Crippen MR) is 80.2 cm³/mol. The van der Waals surface area contributed by atoms with E-state index in [1.165, 1.54) is 16.3 Å². The summed E-state index contributed by atoms with van der Waals surface area (Å²) in [4.78, 5) is 17.4. The van der Waals surface area contributed by atoms with Crippen LogP contribution in [0.1, 0.15) is 5.56 Å². The maximum Gasteiger partial charge on any atom is 0.384 e. The Kier molecular flexibility index (Phi) is 5.02. The predicted octanol–water partition coefficient (Wildman–Crippen LogP) is 2.76. The second-order valence-electron chi connectivity index (χ2n) is 4.14. The zero-order valence-corrected chi connectivity index (χ0v) is 12.0. The number of fused-ring (bicyclic) bond motifs is 1. The Balaban J connectivity index is 1.90. The average Bonchev–Trinajstić information content (AvgIpc) is 2.37. The Morgan fingerprint density at radius 1 is 1.11 bits per heavy atom. The molecule has 0 aliphatic heterocycles. The fourth-order valence-corrected chi connectivity index (χ4v) is 3.37. The van der Waals surface area contributed by atoms with Gasteiger partial charge in [0.1, 0.15) is 0 Å². The van der Waals surface area contributed by atoms with Gasteiger partial charge in [0.15, 0.2) is 0 Å². The number of hydrogen-bond acceptors (Lipinski definition) is 3. The molecule has 0 amide bonds. The third-order valence-electron chi connectivity index (χ3n) is 2.73. The molecule has 0 bridgehead atoms. The Morgan fingerprint density at radius 2 is 1.84 bits per heavy atom. The van der Waals surface area contributed by atoms with Gasteiger partial charge in [-0.05, 0) is 27.7 Å². The van der Waals surface area contributed by atoms with Gasteiger partial charge in [0.25, 0.3) is 0 Å². The molecule has 0 aromatic heterocycles. The van der Waals surface area contributed by atoms with Gasteiger partial charge in [-0.1, -0.05) is 42.5 Å². The van der Waals surface area contributed by atoms with Gasteiger partial charge in [0.05, 0.1) is 0 Å². The quantitative estimate of drug-likeness (QED) is 0.565. The van der Waals surface area contributed by atoms with Crippen molar-refractivity contribution in [2.24, 2.45) is 0 Å². The zero-order valence-electron chi connectivity index (χ0n) is 10.3. The van der Waals surface area contributed by atoms with Crippen molar-refractivity contribution in [3.63, 3.8) is 0 Å². The van der Waals surface area contributed by atoms with E-state index in [-0.39, 0.29) is 0 Å². The first-order valence-corrected chi connectivity index (χ1v) is 9.14. The van der Waals surface area contributed by atoms with Crippen LogP contribution in [-0.2, 0) is 11.1 Å². The Hall–Kier alpha value is -0.840. The van der Waals surface area contributed by atoms with Gasteiger partial charge in [0.2, 0.25) is 0 Å². The lowest BCUT2D eigenvalue weighted by Crippen LogP contribution is -2.16. The number of benzene rings is 2. The first-order valence-electron chi connectivity index (χ1n) is 5.94. The molecule has 0 heterocycles. The summed E-state index contributed by atoms with van der Waals surface area (Å²) < 4.78 is 10.7. The lowest BCUT2D eigenvalue weighted by atomic mass is 10.0. The van der Waals surface area contributed by atoms with Gasteiger partial charge in [-0.3, -0.25) is 0 Å².